The van der Waals surface area contributed by atoms with Crippen LogP contribution in [0.3, 0.4) is 0 Å². The minimum Gasteiger partial charge on any atom is -0.357 e. The molecule has 0 bridgehead atoms. The van der Waals surface area contributed by atoms with Gasteiger partial charge in [0.25, 0.3) is 0 Å². The molecule has 0 saturated carbocycles. The zero-order valence-electron chi connectivity index (χ0n) is 16.5. The molecule has 0 aromatic heterocycles. The minimum absolute atomic E-state index is 0.105. The smallest absolute Gasteiger partial charge is 0.242 e. The molecular weight excluding hydrogens is 395 g/mol. The third-order valence-electron chi connectivity index (χ3n) is 4.77. The standard InChI is InChI=1S/C22H26Cl2N2O2/c1-4-20(22(28)25-3)26(14-17-18(23)6-5-7-19(17)24)21(27)13-12-16-10-8-15(2)9-11-16/h5-11,20H,4,12-14H2,1-3H3,(H,25,28)/t20-/m0/s1. The van der Waals surface area contributed by atoms with Gasteiger partial charge >= 0.3 is 0 Å². The zero-order chi connectivity index (χ0) is 20.7. The molecule has 1 atom stereocenters. The molecule has 0 radical (unpaired) electrons. The summed E-state index contributed by atoms with van der Waals surface area (Å²) in [6.45, 7) is 4.10. The average molecular weight is 421 g/mol. The van der Waals surface area contributed by atoms with E-state index >= 15 is 0 Å². The number of benzene rings is 2. The number of hydrogen-bond acceptors (Lipinski definition) is 2. The van der Waals surface area contributed by atoms with Crippen molar-refractivity contribution in [2.45, 2.75) is 45.7 Å². The fourth-order valence-electron chi connectivity index (χ4n) is 3.09. The van der Waals surface area contributed by atoms with E-state index in [1.54, 1.807) is 30.1 Å². The SMILES string of the molecule is CC[C@@H](C(=O)NC)N(Cc1c(Cl)cccc1Cl)C(=O)CCc1ccc(C)cc1. The number of rotatable bonds is 8. The van der Waals surface area contributed by atoms with Crippen molar-refractivity contribution in [2.75, 3.05) is 7.05 Å². The van der Waals surface area contributed by atoms with Crippen LogP contribution in [0.15, 0.2) is 42.5 Å². The molecule has 2 aromatic carbocycles. The molecular formula is C22H26Cl2N2O2. The molecule has 0 aliphatic rings. The van der Waals surface area contributed by atoms with Crippen LogP contribution in [0.4, 0.5) is 0 Å². The maximum Gasteiger partial charge on any atom is 0.242 e. The van der Waals surface area contributed by atoms with Gasteiger partial charge in [-0.2, -0.15) is 0 Å². The highest BCUT2D eigenvalue weighted by molar-refractivity contribution is 6.36. The van der Waals surface area contributed by atoms with Crippen LogP contribution < -0.4 is 5.32 Å². The van der Waals surface area contributed by atoms with E-state index < -0.39 is 6.04 Å². The van der Waals surface area contributed by atoms with Gasteiger partial charge in [0, 0.05) is 35.6 Å². The zero-order valence-corrected chi connectivity index (χ0v) is 18.0. The molecule has 0 fully saturated rings. The van der Waals surface area contributed by atoms with Crippen LogP contribution in [0, 0.1) is 6.92 Å². The van der Waals surface area contributed by atoms with Gasteiger partial charge < -0.3 is 10.2 Å². The van der Waals surface area contributed by atoms with Gasteiger partial charge in [-0.05, 0) is 37.5 Å². The quantitative estimate of drug-likeness (QED) is 0.667. The van der Waals surface area contributed by atoms with Gasteiger partial charge in [0.15, 0.2) is 0 Å². The summed E-state index contributed by atoms with van der Waals surface area (Å²) in [5.74, 6) is -0.304. The van der Waals surface area contributed by atoms with E-state index in [9.17, 15) is 9.59 Å². The summed E-state index contributed by atoms with van der Waals surface area (Å²) < 4.78 is 0. The molecule has 0 unspecified atom stereocenters. The number of nitrogens with zero attached hydrogens (tertiary/aromatic N) is 1. The Morgan fingerprint density at radius 2 is 1.68 bits per heavy atom. The van der Waals surface area contributed by atoms with E-state index in [1.165, 1.54) is 5.56 Å². The van der Waals surface area contributed by atoms with E-state index in [2.05, 4.69) is 5.32 Å². The topological polar surface area (TPSA) is 49.4 Å². The molecule has 28 heavy (non-hydrogen) atoms. The Hall–Kier alpha value is -2.04. The van der Waals surface area contributed by atoms with Crippen molar-refractivity contribution in [2.24, 2.45) is 0 Å². The van der Waals surface area contributed by atoms with Crippen LogP contribution in [0.25, 0.3) is 0 Å². The predicted molar refractivity (Wildman–Crippen MR) is 115 cm³/mol. The monoisotopic (exact) mass is 420 g/mol. The molecule has 2 amide bonds. The molecule has 0 spiro atoms. The van der Waals surface area contributed by atoms with Crippen LogP contribution >= 0.6 is 23.2 Å². The number of carbonyl (C=O) groups is 2. The molecule has 0 heterocycles. The highest BCUT2D eigenvalue weighted by atomic mass is 35.5. The summed E-state index contributed by atoms with van der Waals surface area (Å²) in [6, 6.07) is 12.7. The lowest BCUT2D eigenvalue weighted by Gasteiger charge is -2.31. The van der Waals surface area contributed by atoms with Crippen molar-refractivity contribution in [3.8, 4) is 0 Å². The molecule has 0 aliphatic heterocycles. The first-order valence-corrected chi connectivity index (χ1v) is 10.1. The lowest BCUT2D eigenvalue weighted by Crippen LogP contribution is -2.48. The molecule has 0 aliphatic carbocycles. The van der Waals surface area contributed by atoms with E-state index in [4.69, 9.17) is 23.2 Å². The number of carbonyl (C=O) groups excluding carboxylic acids is 2. The molecule has 4 nitrogen and oxygen atoms in total. The maximum atomic E-state index is 13.1. The number of aryl methyl sites for hydroxylation is 2. The Morgan fingerprint density at radius 3 is 2.21 bits per heavy atom. The number of amides is 2. The van der Waals surface area contributed by atoms with Crippen molar-refractivity contribution < 1.29 is 9.59 Å². The first kappa shape index (κ1) is 22.3. The summed E-state index contributed by atoms with van der Waals surface area (Å²) in [7, 11) is 1.57. The summed E-state index contributed by atoms with van der Waals surface area (Å²) in [5, 5.41) is 3.61. The van der Waals surface area contributed by atoms with Crippen LogP contribution in [-0.2, 0) is 22.6 Å². The largest absolute Gasteiger partial charge is 0.357 e. The number of halogens is 2. The van der Waals surface area contributed by atoms with Crippen molar-refractivity contribution in [1.29, 1.82) is 0 Å². The lowest BCUT2D eigenvalue weighted by atomic mass is 10.1. The van der Waals surface area contributed by atoms with E-state index in [0.29, 0.717) is 34.9 Å². The predicted octanol–water partition coefficient (Wildman–Crippen LogP) is 4.79. The van der Waals surface area contributed by atoms with Gasteiger partial charge in [-0.1, -0.05) is 66.0 Å². The van der Waals surface area contributed by atoms with Crippen LogP contribution in [-0.4, -0.2) is 29.8 Å². The molecule has 1 N–H and O–H groups in total. The third-order valence-corrected chi connectivity index (χ3v) is 5.48. The van der Waals surface area contributed by atoms with E-state index in [-0.39, 0.29) is 18.4 Å². The molecule has 0 saturated heterocycles. The molecule has 150 valence electrons. The number of nitrogens with one attached hydrogen (secondary N) is 1. The van der Waals surface area contributed by atoms with Gasteiger partial charge in [-0.3, -0.25) is 9.59 Å². The highest BCUT2D eigenvalue weighted by Gasteiger charge is 2.28. The molecule has 2 rings (SSSR count). The van der Waals surface area contributed by atoms with Gasteiger partial charge in [0.05, 0.1) is 0 Å². The van der Waals surface area contributed by atoms with Crippen LogP contribution in [0.2, 0.25) is 10.0 Å². The Morgan fingerprint density at radius 1 is 1.07 bits per heavy atom. The summed E-state index contributed by atoms with van der Waals surface area (Å²) in [5.41, 5.74) is 2.91. The first-order valence-electron chi connectivity index (χ1n) is 9.36. The van der Waals surface area contributed by atoms with Gasteiger partial charge in [-0.25, -0.2) is 0 Å². The Bertz CT molecular complexity index is 802. The fraction of sp³-hybridized carbons (Fsp3) is 0.364. The first-order chi connectivity index (χ1) is 13.4. The van der Waals surface area contributed by atoms with Gasteiger partial charge in [0.2, 0.25) is 11.8 Å². The minimum atomic E-state index is -0.581. The Labute approximate surface area is 176 Å². The van der Waals surface area contributed by atoms with Crippen LogP contribution in [0.5, 0.6) is 0 Å². The summed E-state index contributed by atoms with van der Waals surface area (Å²) in [6.07, 6.45) is 1.41. The number of hydrogen-bond donors (Lipinski definition) is 1. The highest BCUT2D eigenvalue weighted by Crippen LogP contribution is 2.27. The second kappa shape index (κ2) is 10.5. The molecule has 2 aromatic rings. The summed E-state index contributed by atoms with van der Waals surface area (Å²) in [4.78, 5) is 27.1. The summed E-state index contributed by atoms with van der Waals surface area (Å²) >= 11 is 12.6. The van der Waals surface area contributed by atoms with Crippen molar-refractivity contribution in [3.05, 3.63) is 69.2 Å². The Balaban J connectivity index is 2.24. The lowest BCUT2D eigenvalue weighted by molar-refractivity contribution is -0.141. The van der Waals surface area contributed by atoms with Crippen molar-refractivity contribution in [1.82, 2.24) is 10.2 Å². The second-order valence-electron chi connectivity index (χ2n) is 6.75. The van der Waals surface area contributed by atoms with E-state index in [1.807, 2.05) is 38.1 Å². The van der Waals surface area contributed by atoms with Gasteiger partial charge in [0.1, 0.15) is 6.04 Å². The Kier molecular flexibility index (Phi) is 8.34. The average Bonchev–Trinajstić information content (AvgIpc) is 2.69. The van der Waals surface area contributed by atoms with Gasteiger partial charge in [-0.15, -0.1) is 0 Å². The third kappa shape index (κ3) is 5.73. The molecule has 6 heteroatoms. The maximum absolute atomic E-state index is 13.1. The van der Waals surface area contributed by atoms with Crippen molar-refractivity contribution >= 4 is 35.0 Å². The normalized spacial score (nSPS) is 11.8. The number of likely N-dealkylation sites (N-methyl/N-ethyl adjacent to an activating group) is 1. The second-order valence-corrected chi connectivity index (χ2v) is 7.56. The van der Waals surface area contributed by atoms with Crippen LogP contribution in [0.1, 0.15) is 36.5 Å². The van der Waals surface area contributed by atoms with Crippen molar-refractivity contribution in [3.63, 3.8) is 0 Å². The van der Waals surface area contributed by atoms with E-state index in [0.717, 1.165) is 5.56 Å². The fourth-order valence-corrected chi connectivity index (χ4v) is 3.61.